The summed E-state index contributed by atoms with van der Waals surface area (Å²) >= 11 is 0.753. The Labute approximate surface area is 195 Å². The number of furan rings is 1. The average Bonchev–Trinajstić information content (AvgIpc) is 3.40. The standard InChI is InChI=1S/C23H27N5O4S/c1-5-13-8-10-14(11-9-13)28(22(31)19-16(24)17(20(25)29)27-33-19)18(15-7-6-12-32-15)21(30)26-23(2,3)4/h6-12,18H,5,24H2,1-4H3,(H2,25,29)(H,26,30). The average molecular weight is 470 g/mol. The van der Waals surface area contributed by atoms with Gasteiger partial charge in [-0.3, -0.25) is 19.3 Å². The number of anilines is 2. The van der Waals surface area contributed by atoms with Gasteiger partial charge in [0.1, 0.15) is 10.6 Å². The molecule has 10 heteroatoms. The second-order valence-corrected chi connectivity index (χ2v) is 9.26. The van der Waals surface area contributed by atoms with E-state index >= 15 is 0 Å². The zero-order valence-electron chi connectivity index (χ0n) is 18.9. The summed E-state index contributed by atoms with van der Waals surface area (Å²) in [4.78, 5) is 40.2. The highest BCUT2D eigenvalue weighted by atomic mass is 32.1. The van der Waals surface area contributed by atoms with E-state index in [-0.39, 0.29) is 22.0 Å². The Morgan fingerprint density at radius 1 is 1.18 bits per heavy atom. The molecule has 33 heavy (non-hydrogen) atoms. The Kier molecular flexibility index (Phi) is 6.87. The van der Waals surface area contributed by atoms with Crippen LogP contribution in [0.3, 0.4) is 0 Å². The summed E-state index contributed by atoms with van der Waals surface area (Å²) in [7, 11) is 0. The van der Waals surface area contributed by atoms with Crippen molar-refractivity contribution in [2.24, 2.45) is 5.73 Å². The molecule has 9 nitrogen and oxygen atoms in total. The van der Waals surface area contributed by atoms with Crippen LogP contribution in [0.5, 0.6) is 0 Å². The van der Waals surface area contributed by atoms with Gasteiger partial charge in [-0.25, -0.2) is 0 Å². The van der Waals surface area contributed by atoms with Gasteiger partial charge in [-0.1, -0.05) is 19.1 Å². The highest BCUT2D eigenvalue weighted by molar-refractivity contribution is 7.09. The maximum atomic E-state index is 13.8. The summed E-state index contributed by atoms with van der Waals surface area (Å²) in [6, 6.07) is 9.38. The number of aromatic nitrogens is 1. The van der Waals surface area contributed by atoms with Gasteiger partial charge in [0.2, 0.25) is 0 Å². The monoisotopic (exact) mass is 469 g/mol. The first-order chi connectivity index (χ1) is 15.5. The third-order valence-electron chi connectivity index (χ3n) is 4.81. The number of rotatable bonds is 7. The van der Waals surface area contributed by atoms with Crippen LogP contribution >= 0.6 is 11.5 Å². The summed E-state index contributed by atoms with van der Waals surface area (Å²) in [5.41, 5.74) is 12.0. The van der Waals surface area contributed by atoms with E-state index in [0.29, 0.717) is 5.69 Å². The lowest BCUT2D eigenvalue weighted by atomic mass is 10.0. The van der Waals surface area contributed by atoms with E-state index in [4.69, 9.17) is 15.9 Å². The summed E-state index contributed by atoms with van der Waals surface area (Å²) in [5.74, 6) is -1.62. The van der Waals surface area contributed by atoms with Crippen molar-refractivity contribution in [3.05, 3.63) is 64.6 Å². The molecule has 0 radical (unpaired) electrons. The van der Waals surface area contributed by atoms with Gasteiger partial charge < -0.3 is 21.2 Å². The molecular weight excluding hydrogens is 442 g/mol. The summed E-state index contributed by atoms with van der Waals surface area (Å²) < 4.78 is 9.50. The lowest BCUT2D eigenvalue weighted by molar-refractivity contribution is -0.124. The lowest BCUT2D eigenvalue weighted by Gasteiger charge is -2.32. The molecule has 1 aromatic carbocycles. The van der Waals surface area contributed by atoms with Crippen molar-refractivity contribution < 1.29 is 18.8 Å². The third kappa shape index (κ3) is 5.23. The number of hydrogen-bond acceptors (Lipinski definition) is 7. The number of nitrogens with zero attached hydrogens (tertiary/aromatic N) is 2. The molecule has 174 valence electrons. The quantitative estimate of drug-likeness (QED) is 0.484. The molecule has 2 aromatic heterocycles. The van der Waals surface area contributed by atoms with E-state index in [0.717, 1.165) is 23.5 Å². The van der Waals surface area contributed by atoms with Crippen molar-refractivity contribution >= 4 is 40.6 Å². The molecule has 0 saturated carbocycles. The molecule has 1 atom stereocenters. The first kappa shape index (κ1) is 24.0. The molecular formula is C23H27N5O4S. The number of nitrogens with one attached hydrogen (secondary N) is 1. The van der Waals surface area contributed by atoms with E-state index in [2.05, 4.69) is 9.69 Å². The lowest BCUT2D eigenvalue weighted by Crippen LogP contribution is -2.49. The Balaban J connectivity index is 2.18. The maximum Gasteiger partial charge on any atom is 0.273 e. The number of aryl methyl sites for hydroxylation is 1. The van der Waals surface area contributed by atoms with E-state index < -0.39 is 29.3 Å². The summed E-state index contributed by atoms with van der Waals surface area (Å²) in [5, 5.41) is 2.91. The van der Waals surface area contributed by atoms with Crippen LogP contribution in [-0.2, 0) is 11.2 Å². The van der Waals surface area contributed by atoms with Crippen LogP contribution in [0.4, 0.5) is 11.4 Å². The number of carbonyl (C=O) groups is 3. The topological polar surface area (TPSA) is 145 Å². The Hall–Kier alpha value is -3.66. The minimum atomic E-state index is -1.14. The Morgan fingerprint density at radius 2 is 1.85 bits per heavy atom. The molecule has 0 bridgehead atoms. The molecule has 0 fully saturated rings. The molecule has 3 aromatic rings. The maximum absolute atomic E-state index is 13.8. The summed E-state index contributed by atoms with van der Waals surface area (Å²) in [6.07, 6.45) is 2.24. The van der Waals surface area contributed by atoms with Crippen molar-refractivity contribution in [2.75, 3.05) is 10.6 Å². The van der Waals surface area contributed by atoms with Crippen molar-refractivity contribution in [3.8, 4) is 0 Å². The Bertz CT molecular complexity index is 1150. The summed E-state index contributed by atoms with van der Waals surface area (Å²) in [6.45, 7) is 7.54. The SMILES string of the molecule is CCc1ccc(N(C(=O)c2snc(C(N)=O)c2N)C(C(=O)NC(C)(C)C)c2ccco2)cc1. The number of benzene rings is 1. The van der Waals surface area contributed by atoms with Gasteiger partial charge in [-0.05, 0) is 68.6 Å². The number of nitrogen functional groups attached to an aromatic ring is 1. The molecule has 0 saturated heterocycles. The van der Waals surface area contributed by atoms with Gasteiger partial charge in [-0.2, -0.15) is 4.37 Å². The van der Waals surface area contributed by atoms with Crippen LogP contribution in [0.1, 0.15) is 65.2 Å². The van der Waals surface area contributed by atoms with Gasteiger partial charge in [-0.15, -0.1) is 0 Å². The van der Waals surface area contributed by atoms with Gasteiger partial charge in [0.25, 0.3) is 17.7 Å². The van der Waals surface area contributed by atoms with Gasteiger partial charge in [0.05, 0.1) is 12.0 Å². The van der Waals surface area contributed by atoms with Crippen LogP contribution in [0.25, 0.3) is 0 Å². The molecule has 3 rings (SSSR count). The molecule has 0 aliphatic carbocycles. The van der Waals surface area contributed by atoms with Crippen molar-refractivity contribution in [3.63, 3.8) is 0 Å². The minimum Gasteiger partial charge on any atom is -0.467 e. The number of amides is 3. The fourth-order valence-corrected chi connectivity index (χ4v) is 4.02. The Morgan fingerprint density at radius 3 is 2.33 bits per heavy atom. The predicted molar refractivity (Wildman–Crippen MR) is 127 cm³/mol. The first-order valence-corrected chi connectivity index (χ1v) is 11.1. The largest absolute Gasteiger partial charge is 0.467 e. The normalized spacial score (nSPS) is 12.2. The zero-order chi connectivity index (χ0) is 24.3. The van der Waals surface area contributed by atoms with Crippen LogP contribution in [0.15, 0.2) is 47.1 Å². The van der Waals surface area contributed by atoms with Gasteiger partial charge in [0.15, 0.2) is 11.7 Å². The van der Waals surface area contributed by atoms with E-state index in [1.807, 2.05) is 39.8 Å². The molecule has 3 amide bonds. The number of nitrogens with two attached hydrogens (primary N) is 2. The van der Waals surface area contributed by atoms with Gasteiger partial charge in [0, 0.05) is 11.2 Å². The molecule has 1 unspecified atom stereocenters. The second-order valence-electron chi connectivity index (χ2n) is 8.49. The van der Waals surface area contributed by atoms with Crippen molar-refractivity contribution in [2.45, 2.75) is 45.7 Å². The smallest absolute Gasteiger partial charge is 0.273 e. The van der Waals surface area contributed by atoms with Gasteiger partial charge >= 0.3 is 0 Å². The highest BCUT2D eigenvalue weighted by Crippen LogP contribution is 2.33. The van der Waals surface area contributed by atoms with Crippen molar-refractivity contribution in [1.29, 1.82) is 0 Å². The zero-order valence-corrected chi connectivity index (χ0v) is 19.7. The number of primary amides is 1. The fraction of sp³-hybridized carbons (Fsp3) is 0.304. The highest BCUT2D eigenvalue weighted by Gasteiger charge is 2.38. The van der Waals surface area contributed by atoms with E-state index in [9.17, 15) is 14.4 Å². The second kappa shape index (κ2) is 9.45. The van der Waals surface area contributed by atoms with E-state index in [1.165, 1.54) is 11.2 Å². The number of hydrogen-bond donors (Lipinski definition) is 3. The molecule has 0 spiro atoms. The number of carbonyl (C=O) groups excluding carboxylic acids is 3. The molecule has 0 aliphatic rings. The molecule has 5 N–H and O–H groups in total. The first-order valence-electron chi connectivity index (χ1n) is 10.4. The van der Waals surface area contributed by atoms with Crippen LogP contribution in [0.2, 0.25) is 0 Å². The van der Waals surface area contributed by atoms with Crippen LogP contribution in [0, 0.1) is 0 Å². The molecule has 2 heterocycles. The molecule has 0 aliphatic heterocycles. The van der Waals surface area contributed by atoms with Crippen molar-refractivity contribution in [1.82, 2.24) is 9.69 Å². The van der Waals surface area contributed by atoms with E-state index in [1.54, 1.807) is 24.3 Å². The van der Waals surface area contributed by atoms with Crippen LogP contribution < -0.4 is 21.7 Å². The predicted octanol–water partition coefficient (Wildman–Crippen LogP) is 3.28. The third-order valence-corrected chi connectivity index (χ3v) is 5.67. The fourth-order valence-electron chi connectivity index (χ4n) is 3.27. The minimum absolute atomic E-state index is 0.00322. The van der Waals surface area contributed by atoms with Crippen LogP contribution in [-0.4, -0.2) is 27.6 Å².